The number of carboxylic acid groups (broad SMARTS) is 1. The Morgan fingerprint density at radius 3 is 2.80 bits per heavy atom. The van der Waals surface area contributed by atoms with E-state index in [1.807, 2.05) is 25.1 Å². The second kappa shape index (κ2) is 7.36. The van der Waals surface area contributed by atoms with E-state index in [1.54, 1.807) is 18.2 Å². The van der Waals surface area contributed by atoms with Gasteiger partial charge in [-0.1, -0.05) is 17.7 Å². The minimum absolute atomic E-state index is 0.258. The van der Waals surface area contributed by atoms with E-state index in [0.29, 0.717) is 18.3 Å². The highest BCUT2D eigenvalue weighted by Gasteiger charge is 2.22. The summed E-state index contributed by atoms with van der Waals surface area (Å²) >= 11 is 6.11. The Morgan fingerprint density at radius 1 is 1.28 bits per heavy atom. The lowest BCUT2D eigenvalue weighted by Gasteiger charge is -2.27. The molecule has 0 spiro atoms. The number of aromatic carboxylic acids is 1. The Balaban J connectivity index is 1.80. The van der Waals surface area contributed by atoms with Gasteiger partial charge in [0.05, 0.1) is 17.9 Å². The minimum Gasteiger partial charge on any atom is -0.491 e. The van der Waals surface area contributed by atoms with Gasteiger partial charge in [-0.3, -0.25) is 0 Å². The van der Waals surface area contributed by atoms with Crippen molar-refractivity contribution in [3.63, 3.8) is 0 Å². The third-order valence-electron chi connectivity index (χ3n) is 4.67. The topological polar surface area (TPSA) is 49.8 Å². The van der Waals surface area contributed by atoms with Crippen LogP contribution in [0.1, 0.15) is 40.2 Å². The standard InChI is InChI=1S/C20H22ClNO3/c1-22(2)18-11-14(20(23)24)6-9-19(18)25-12-15-5-3-4-13-10-16(21)7-8-17(13)15/h6-11,15H,3-5,12H2,1-2H3,(H,23,24). The van der Waals surface area contributed by atoms with E-state index in [-0.39, 0.29) is 5.56 Å². The molecule has 0 heterocycles. The molecule has 0 bridgehead atoms. The predicted molar refractivity (Wildman–Crippen MR) is 100 cm³/mol. The Labute approximate surface area is 153 Å². The summed E-state index contributed by atoms with van der Waals surface area (Å²) in [4.78, 5) is 13.1. The van der Waals surface area contributed by atoms with Crippen LogP contribution in [-0.4, -0.2) is 31.8 Å². The quantitative estimate of drug-likeness (QED) is 0.847. The molecule has 0 radical (unpaired) electrons. The van der Waals surface area contributed by atoms with Crippen LogP contribution in [0.25, 0.3) is 0 Å². The Kier molecular flexibility index (Phi) is 5.19. The first-order valence-electron chi connectivity index (χ1n) is 8.41. The summed E-state index contributed by atoms with van der Waals surface area (Å²) < 4.78 is 6.09. The fourth-order valence-corrected chi connectivity index (χ4v) is 3.56. The van der Waals surface area contributed by atoms with E-state index < -0.39 is 5.97 Å². The van der Waals surface area contributed by atoms with Crippen LogP contribution in [0.4, 0.5) is 5.69 Å². The zero-order valence-electron chi connectivity index (χ0n) is 14.5. The van der Waals surface area contributed by atoms with Crippen LogP contribution in [0.15, 0.2) is 36.4 Å². The van der Waals surface area contributed by atoms with Crippen molar-refractivity contribution in [3.8, 4) is 5.75 Å². The summed E-state index contributed by atoms with van der Waals surface area (Å²) in [6, 6.07) is 11.1. The van der Waals surface area contributed by atoms with Crippen LogP contribution < -0.4 is 9.64 Å². The highest BCUT2D eigenvalue weighted by Crippen LogP contribution is 2.35. The first-order valence-corrected chi connectivity index (χ1v) is 8.79. The van der Waals surface area contributed by atoms with Crippen LogP contribution in [-0.2, 0) is 6.42 Å². The molecule has 0 fully saturated rings. The predicted octanol–water partition coefficient (Wildman–Crippen LogP) is 4.60. The monoisotopic (exact) mass is 359 g/mol. The molecule has 1 aliphatic rings. The van der Waals surface area contributed by atoms with Gasteiger partial charge in [0.2, 0.25) is 0 Å². The van der Waals surface area contributed by atoms with Crippen LogP contribution in [0.3, 0.4) is 0 Å². The van der Waals surface area contributed by atoms with Crippen molar-refractivity contribution < 1.29 is 14.6 Å². The van der Waals surface area contributed by atoms with Crippen molar-refractivity contribution in [2.24, 2.45) is 0 Å². The van der Waals surface area contributed by atoms with Gasteiger partial charge in [-0.05, 0) is 60.7 Å². The lowest BCUT2D eigenvalue weighted by molar-refractivity contribution is 0.0697. The van der Waals surface area contributed by atoms with Gasteiger partial charge >= 0.3 is 5.97 Å². The molecule has 0 amide bonds. The number of aryl methyl sites for hydroxylation is 1. The normalized spacial score (nSPS) is 16.2. The average Bonchev–Trinajstić information content (AvgIpc) is 2.59. The van der Waals surface area contributed by atoms with Gasteiger partial charge in [0.1, 0.15) is 5.75 Å². The van der Waals surface area contributed by atoms with E-state index in [2.05, 4.69) is 12.1 Å². The summed E-state index contributed by atoms with van der Waals surface area (Å²) in [5.74, 6) is 0.0963. The summed E-state index contributed by atoms with van der Waals surface area (Å²) in [6.07, 6.45) is 3.27. The van der Waals surface area contributed by atoms with E-state index in [0.717, 1.165) is 30.0 Å². The molecule has 25 heavy (non-hydrogen) atoms. The summed E-state index contributed by atoms with van der Waals surface area (Å²) in [5, 5.41) is 9.95. The highest BCUT2D eigenvalue weighted by atomic mass is 35.5. The number of hydrogen-bond acceptors (Lipinski definition) is 3. The zero-order chi connectivity index (χ0) is 18.0. The molecule has 3 rings (SSSR count). The number of rotatable bonds is 5. The van der Waals surface area contributed by atoms with E-state index in [9.17, 15) is 9.90 Å². The molecule has 2 aromatic rings. The number of halogens is 1. The van der Waals surface area contributed by atoms with Gasteiger partial charge in [-0.25, -0.2) is 4.79 Å². The lowest BCUT2D eigenvalue weighted by atomic mass is 9.83. The number of anilines is 1. The third-order valence-corrected chi connectivity index (χ3v) is 4.91. The molecule has 0 saturated heterocycles. The molecule has 4 nitrogen and oxygen atoms in total. The fourth-order valence-electron chi connectivity index (χ4n) is 3.37. The fraction of sp³-hybridized carbons (Fsp3) is 0.350. The van der Waals surface area contributed by atoms with E-state index in [1.165, 1.54) is 11.1 Å². The largest absolute Gasteiger partial charge is 0.491 e. The van der Waals surface area contributed by atoms with Crippen LogP contribution in [0.2, 0.25) is 5.02 Å². The number of hydrogen-bond donors (Lipinski definition) is 1. The smallest absolute Gasteiger partial charge is 0.335 e. The molecule has 0 aromatic heterocycles. The summed E-state index contributed by atoms with van der Waals surface area (Å²) in [5.41, 5.74) is 3.64. The molecule has 5 heteroatoms. The SMILES string of the molecule is CN(C)c1cc(C(=O)O)ccc1OCC1CCCc2cc(Cl)ccc21. The molecule has 1 aliphatic carbocycles. The van der Waals surface area contributed by atoms with Gasteiger partial charge < -0.3 is 14.7 Å². The number of carboxylic acids is 1. The van der Waals surface area contributed by atoms with Crippen LogP contribution >= 0.6 is 11.6 Å². The second-order valence-corrected chi connectivity index (χ2v) is 7.06. The lowest BCUT2D eigenvalue weighted by Crippen LogP contribution is -2.18. The van der Waals surface area contributed by atoms with Gasteiger partial charge in [0.15, 0.2) is 0 Å². The van der Waals surface area contributed by atoms with Crippen molar-refractivity contribution in [3.05, 3.63) is 58.1 Å². The Hall–Kier alpha value is -2.20. The van der Waals surface area contributed by atoms with Crippen molar-refractivity contribution in [2.75, 3.05) is 25.6 Å². The molecule has 132 valence electrons. The van der Waals surface area contributed by atoms with Gasteiger partial charge in [0.25, 0.3) is 0 Å². The number of nitrogens with zero attached hydrogens (tertiary/aromatic N) is 1. The molecule has 0 saturated carbocycles. The first-order chi connectivity index (χ1) is 12.0. The molecule has 1 N–H and O–H groups in total. The van der Waals surface area contributed by atoms with Crippen molar-refractivity contribution in [2.45, 2.75) is 25.2 Å². The van der Waals surface area contributed by atoms with Gasteiger partial charge in [-0.2, -0.15) is 0 Å². The van der Waals surface area contributed by atoms with E-state index >= 15 is 0 Å². The average molecular weight is 360 g/mol. The Morgan fingerprint density at radius 2 is 2.08 bits per heavy atom. The molecule has 2 aromatic carbocycles. The Bertz CT molecular complexity index is 789. The second-order valence-electron chi connectivity index (χ2n) is 6.63. The number of carbonyl (C=O) groups is 1. The molecular formula is C20H22ClNO3. The minimum atomic E-state index is -0.937. The molecule has 1 unspecified atom stereocenters. The molecule has 0 aliphatic heterocycles. The van der Waals surface area contributed by atoms with Gasteiger partial charge in [0, 0.05) is 25.0 Å². The number of fused-ring (bicyclic) bond motifs is 1. The molecular weight excluding hydrogens is 338 g/mol. The van der Waals surface area contributed by atoms with Crippen molar-refractivity contribution >= 4 is 23.3 Å². The first kappa shape index (κ1) is 17.6. The zero-order valence-corrected chi connectivity index (χ0v) is 15.2. The van der Waals surface area contributed by atoms with Crippen LogP contribution in [0.5, 0.6) is 5.75 Å². The maximum absolute atomic E-state index is 11.2. The third kappa shape index (κ3) is 3.90. The van der Waals surface area contributed by atoms with Crippen molar-refractivity contribution in [1.82, 2.24) is 0 Å². The maximum atomic E-state index is 11.2. The summed E-state index contributed by atoms with van der Waals surface area (Å²) in [6.45, 7) is 0.571. The molecule has 1 atom stereocenters. The van der Waals surface area contributed by atoms with Crippen molar-refractivity contribution in [1.29, 1.82) is 0 Å². The van der Waals surface area contributed by atoms with Crippen LogP contribution in [0, 0.1) is 0 Å². The van der Waals surface area contributed by atoms with Gasteiger partial charge in [-0.15, -0.1) is 0 Å². The van der Waals surface area contributed by atoms with E-state index in [4.69, 9.17) is 16.3 Å². The number of benzene rings is 2. The summed E-state index contributed by atoms with van der Waals surface area (Å²) in [7, 11) is 3.76. The maximum Gasteiger partial charge on any atom is 0.335 e. The highest BCUT2D eigenvalue weighted by molar-refractivity contribution is 6.30. The number of ether oxygens (including phenoxy) is 1.